The molecule has 1 aliphatic carbocycles. The second-order valence-corrected chi connectivity index (χ2v) is 14.1. The Bertz CT molecular complexity index is 533. The monoisotopic (exact) mass is 394 g/mol. The van der Waals surface area contributed by atoms with E-state index in [-0.39, 0.29) is 28.3 Å². The first kappa shape index (κ1) is 25.5. The lowest BCUT2D eigenvalue weighted by Gasteiger charge is -2.48. The standard InChI is InChI=1S/C26H50O2/c1-22(2,3)17-26(13,25(10,11)12)21(27)28-20-15-14-18(23(4,5)6)16-19(20)24(7,8)9/h18-20H,14-17H2,1-13H3. The van der Waals surface area contributed by atoms with Gasteiger partial charge in [-0.25, -0.2) is 0 Å². The van der Waals surface area contributed by atoms with E-state index in [1.807, 2.05) is 0 Å². The molecule has 0 aliphatic heterocycles. The van der Waals surface area contributed by atoms with E-state index in [9.17, 15) is 4.79 Å². The first-order valence-electron chi connectivity index (χ1n) is 11.4. The predicted molar refractivity (Wildman–Crippen MR) is 121 cm³/mol. The summed E-state index contributed by atoms with van der Waals surface area (Å²) in [6.45, 7) is 29.3. The first-order valence-corrected chi connectivity index (χ1v) is 11.4. The molecule has 1 aliphatic rings. The van der Waals surface area contributed by atoms with Crippen molar-refractivity contribution in [2.75, 3.05) is 0 Å². The number of carbonyl (C=O) groups is 1. The third-order valence-electron chi connectivity index (χ3n) is 7.37. The van der Waals surface area contributed by atoms with Crippen molar-refractivity contribution in [3.8, 4) is 0 Å². The molecular formula is C26H50O2. The molecule has 0 aromatic heterocycles. The summed E-state index contributed by atoms with van der Waals surface area (Å²) < 4.78 is 6.39. The minimum absolute atomic E-state index is 0.00313. The van der Waals surface area contributed by atoms with Crippen molar-refractivity contribution in [3.63, 3.8) is 0 Å². The van der Waals surface area contributed by atoms with Gasteiger partial charge in [0.05, 0.1) is 5.41 Å². The average molecular weight is 395 g/mol. The molecule has 1 saturated carbocycles. The molecule has 1 rings (SSSR count). The van der Waals surface area contributed by atoms with Crippen molar-refractivity contribution in [1.29, 1.82) is 0 Å². The minimum Gasteiger partial charge on any atom is -0.462 e. The van der Waals surface area contributed by atoms with Gasteiger partial charge < -0.3 is 4.74 Å². The normalized spacial score (nSPS) is 27.2. The molecule has 4 unspecified atom stereocenters. The third kappa shape index (κ3) is 6.23. The zero-order valence-electron chi connectivity index (χ0n) is 21.4. The molecule has 0 aromatic rings. The van der Waals surface area contributed by atoms with Gasteiger partial charge in [-0.1, -0.05) is 83.1 Å². The molecule has 0 spiro atoms. The first-order chi connectivity index (χ1) is 12.2. The highest BCUT2D eigenvalue weighted by molar-refractivity contribution is 5.77. The fourth-order valence-corrected chi connectivity index (χ4v) is 4.95. The van der Waals surface area contributed by atoms with Crippen molar-refractivity contribution in [2.45, 2.75) is 122 Å². The smallest absolute Gasteiger partial charge is 0.312 e. The van der Waals surface area contributed by atoms with E-state index in [1.54, 1.807) is 0 Å². The van der Waals surface area contributed by atoms with Gasteiger partial charge in [0.15, 0.2) is 0 Å². The Hall–Kier alpha value is -0.530. The maximum absolute atomic E-state index is 13.6. The summed E-state index contributed by atoms with van der Waals surface area (Å²) in [5.74, 6) is 1.10. The Morgan fingerprint density at radius 1 is 0.786 bits per heavy atom. The van der Waals surface area contributed by atoms with Crippen LogP contribution in [0.4, 0.5) is 0 Å². The van der Waals surface area contributed by atoms with E-state index in [0.29, 0.717) is 17.3 Å². The van der Waals surface area contributed by atoms with Crippen LogP contribution in [-0.4, -0.2) is 12.1 Å². The fraction of sp³-hybridized carbons (Fsp3) is 0.962. The van der Waals surface area contributed by atoms with Crippen molar-refractivity contribution in [2.24, 2.45) is 38.9 Å². The average Bonchev–Trinajstić information content (AvgIpc) is 2.42. The summed E-state index contributed by atoms with van der Waals surface area (Å²) in [7, 11) is 0. The van der Waals surface area contributed by atoms with Gasteiger partial charge in [-0.15, -0.1) is 0 Å². The summed E-state index contributed by atoms with van der Waals surface area (Å²) in [6.07, 6.45) is 4.16. The lowest BCUT2D eigenvalue weighted by atomic mass is 9.60. The highest BCUT2D eigenvalue weighted by Crippen LogP contribution is 2.50. The largest absolute Gasteiger partial charge is 0.462 e. The van der Waals surface area contributed by atoms with Crippen molar-refractivity contribution < 1.29 is 9.53 Å². The number of hydrogen-bond acceptors (Lipinski definition) is 2. The number of esters is 1. The molecule has 1 fully saturated rings. The molecule has 0 heterocycles. The number of hydrogen-bond donors (Lipinski definition) is 0. The molecule has 0 radical (unpaired) electrons. The van der Waals surface area contributed by atoms with E-state index >= 15 is 0 Å². The van der Waals surface area contributed by atoms with Crippen LogP contribution in [0.1, 0.15) is 116 Å². The maximum atomic E-state index is 13.6. The van der Waals surface area contributed by atoms with E-state index in [0.717, 1.165) is 25.7 Å². The molecular weight excluding hydrogens is 344 g/mol. The van der Waals surface area contributed by atoms with Crippen molar-refractivity contribution in [1.82, 2.24) is 0 Å². The van der Waals surface area contributed by atoms with Gasteiger partial charge in [0, 0.05) is 5.92 Å². The highest BCUT2D eigenvalue weighted by Gasteiger charge is 2.50. The number of carbonyl (C=O) groups excluding carboxylic acids is 1. The molecule has 28 heavy (non-hydrogen) atoms. The minimum atomic E-state index is -0.492. The topological polar surface area (TPSA) is 26.3 Å². The third-order valence-corrected chi connectivity index (χ3v) is 7.37. The van der Waals surface area contributed by atoms with Gasteiger partial charge in [-0.3, -0.25) is 4.79 Å². The van der Waals surface area contributed by atoms with Gasteiger partial charge in [-0.05, 0) is 60.2 Å². The van der Waals surface area contributed by atoms with Crippen LogP contribution in [-0.2, 0) is 9.53 Å². The fourth-order valence-electron chi connectivity index (χ4n) is 4.95. The van der Waals surface area contributed by atoms with E-state index < -0.39 is 5.41 Å². The summed E-state index contributed by atoms with van der Waals surface area (Å²) in [6, 6.07) is 0. The Morgan fingerprint density at radius 2 is 1.29 bits per heavy atom. The summed E-state index contributed by atoms with van der Waals surface area (Å²) in [5.41, 5.74) is -0.109. The molecule has 0 amide bonds. The molecule has 166 valence electrons. The van der Waals surface area contributed by atoms with E-state index in [4.69, 9.17) is 4.74 Å². The second-order valence-electron chi connectivity index (χ2n) is 14.1. The predicted octanol–water partition coefficient (Wildman–Crippen LogP) is 7.90. The van der Waals surface area contributed by atoms with Gasteiger partial charge in [-0.2, -0.15) is 0 Å². The zero-order chi connectivity index (χ0) is 22.3. The molecule has 0 bridgehead atoms. The van der Waals surface area contributed by atoms with Crippen LogP contribution < -0.4 is 0 Å². The molecule has 4 atom stereocenters. The SMILES string of the molecule is CC(C)(C)CC(C)(C(=O)OC1CCC(C(C)(C)C)CC1C(C)(C)C)C(C)(C)C. The molecule has 0 N–H and O–H groups in total. The van der Waals surface area contributed by atoms with Gasteiger partial charge >= 0.3 is 5.97 Å². The van der Waals surface area contributed by atoms with Crippen LogP contribution in [0.3, 0.4) is 0 Å². The molecule has 2 heteroatoms. The van der Waals surface area contributed by atoms with Crippen molar-refractivity contribution in [3.05, 3.63) is 0 Å². The number of rotatable bonds is 3. The van der Waals surface area contributed by atoms with Gasteiger partial charge in [0.2, 0.25) is 0 Å². The lowest BCUT2D eigenvalue weighted by Crippen LogP contribution is -2.49. The van der Waals surface area contributed by atoms with Gasteiger partial charge in [0.25, 0.3) is 0 Å². The van der Waals surface area contributed by atoms with Crippen molar-refractivity contribution >= 4 is 5.97 Å². The zero-order valence-corrected chi connectivity index (χ0v) is 21.4. The maximum Gasteiger partial charge on any atom is 0.312 e. The number of ether oxygens (including phenoxy) is 1. The molecule has 0 aromatic carbocycles. The second kappa shape index (κ2) is 7.95. The van der Waals surface area contributed by atoms with Gasteiger partial charge in [0.1, 0.15) is 6.10 Å². The van der Waals surface area contributed by atoms with Crippen LogP contribution in [0.25, 0.3) is 0 Å². The van der Waals surface area contributed by atoms with Crippen LogP contribution in [0.5, 0.6) is 0 Å². The quantitative estimate of drug-likeness (QED) is 0.455. The van der Waals surface area contributed by atoms with Crippen LogP contribution in [0.15, 0.2) is 0 Å². The van der Waals surface area contributed by atoms with Crippen LogP contribution >= 0.6 is 0 Å². The molecule has 0 saturated heterocycles. The summed E-state index contributed by atoms with van der Waals surface area (Å²) in [5, 5.41) is 0. The van der Waals surface area contributed by atoms with E-state index in [1.165, 1.54) is 0 Å². The summed E-state index contributed by atoms with van der Waals surface area (Å²) >= 11 is 0. The van der Waals surface area contributed by atoms with Crippen LogP contribution in [0.2, 0.25) is 0 Å². The Balaban J connectivity index is 3.13. The summed E-state index contributed by atoms with van der Waals surface area (Å²) in [4.78, 5) is 13.6. The molecule has 2 nitrogen and oxygen atoms in total. The van der Waals surface area contributed by atoms with Crippen LogP contribution in [0, 0.1) is 38.9 Å². The van der Waals surface area contributed by atoms with E-state index in [2.05, 4.69) is 90.0 Å². The Morgan fingerprint density at radius 3 is 1.64 bits per heavy atom. The lowest BCUT2D eigenvalue weighted by molar-refractivity contribution is -0.179. The highest BCUT2D eigenvalue weighted by atomic mass is 16.5. The Labute approximate surface area is 176 Å². The Kier molecular flexibility index (Phi) is 7.24.